The van der Waals surface area contributed by atoms with Gasteiger partial charge in [-0.25, -0.2) is 15.0 Å². The Kier molecular flexibility index (Phi) is 4.19. The number of anilines is 1. The van der Waals surface area contributed by atoms with Crippen LogP contribution in [0.5, 0.6) is 5.88 Å². The molecule has 1 aliphatic rings. The molecule has 25 heavy (non-hydrogen) atoms. The molecule has 4 rings (SSSR count). The number of fused-ring (bicyclic) bond motifs is 1. The number of aromatic nitrogens is 4. The zero-order chi connectivity index (χ0) is 17.4. The molecule has 0 saturated carbocycles. The maximum atomic E-state index is 6.15. The summed E-state index contributed by atoms with van der Waals surface area (Å²) >= 11 is 6.15. The van der Waals surface area contributed by atoms with Gasteiger partial charge in [-0.05, 0) is 13.0 Å². The van der Waals surface area contributed by atoms with Crippen LogP contribution < -0.4 is 9.64 Å². The highest BCUT2D eigenvalue weighted by molar-refractivity contribution is 6.30. The van der Waals surface area contributed by atoms with E-state index >= 15 is 0 Å². The van der Waals surface area contributed by atoms with E-state index in [-0.39, 0.29) is 6.04 Å². The first-order valence-corrected chi connectivity index (χ1v) is 8.43. The molecule has 1 aliphatic heterocycles. The van der Waals surface area contributed by atoms with E-state index in [4.69, 9.17) is 21.1 Å². The Morgan fingerprint density at radius 1 is 1.32 bits per heavy atom. The standard InChI is InChI=1S/C17H18ClN5O2/c1-11-9-25-6-5-22(11)13-8-23(14-7-12(18)3-4-19-14)16-15(13)17(24-2)21-10-20-16/h3-4,7-8,10-11H,5-6,9H2,1-2H3/t11-/m1/s1. The molecule has 0 unspecified atom stereocenters. The van der Waals surface area contributed by atoms with Crippen molar-refractivity contribution in [3.05, 3.63) is 35.9 Å². The monoisotopic (exact) mass is 359 g/mol. The van der Waals surface area contributed by atoms with Crippen LogP contribution in [0, 0.1) is 0 Å². The number of ether oxygens (including phenoxy) is 2. The fourth-order valence-corrected chi connectivity index (χ4v) is 3.33. The lowest BCUT2D eigenvalue weighted by molar-refractivity contribution is 0.0990. The smallest absolute Gasteiger partial charge is 0.227 e. The molecule has 0 aliphatic carbocycles. The average molecular weight is 360 g/mol. The Bertz CT molecular complexity index is 913. The molecule has 0 radical (unpaired) electrons. The Balaban J connectivity index is 1.96. The van der Waals surface area contributed by atoms with Gasteiger partial charge < -0.3 is 14.4 Å². The number of methoxy groups -OCH3 is 1. The summed E-state index contributed by atoms with van der Waals surface area (Å²) in [5.74, 6) is 1.24. The van der Waals surface area contributed by atoms with E-state index in [1.807, 2.05) is 16.8 Å². The van der Waals surface area contributed by atoms with Gasteiger partial charge >= 0.3 is 0 Å². The number of pyridine rings is 1. The Morgan fingerprint density at radius 2 is 2.20 bits per heavy atom. The SMILES string of the molecule is COc1ncnc2c1c(N1CCOC[C@H]1C)cn2-c1cc(Cl)ccn1. The van der Waals surface area contributed by atoms with Gasteiger partial charge in [-0.2, -0.15) is 0 Å². The summed E-state index contributed by atoms with van der Waals surface area (Å²) in [5.41, 5.74) is 1.74. The Hall–Kier alpha value is -2.38. The van der Waals surface area contributed by atoms with Crippen molar-refractivity contribution in [2.45, 2.75) is 13.0 Å². The van der Waals surface area contributed by atoms with E-state index in [1.54, 1.807) is 19.4 Å². The number of hydrogen-bond donors (Lipinski definition) is 0. The second-order valence-electron chi connectivity index (χ2n) is 5.92. The summed E-state index contributed by atoms with van der Waals surface area (Å²) < 4.78 is 13.0. The van der Waals surface area contributed by atoms with Crippen molar-refractivity contribution in [2.24, 2.45) is 0 Å². The largest absolute Gasteiger partial charge is 0.480 e. The van der Waals surface area contributed by atoms with Gasteiger partial charge in [0.25, 0.3) is 0 Å². The van der Waals surface area contributed by atoms with Crippen molar-refractivity contribution < 1.29 is 9.47 Å². The number of morpholine rings is 1. The molecule has 0 aromatic carbocycles. The molecule has 1 atom stereocenters. The van der Waals surface area contributed by atoms with E-state index in [0.717, 1.165) is 23.3 Å². The third-order valence-electron chi connectivity index (χ3n) is 4.35. The molecular weight excluding hydrogens is 342 g/mol. The molecule has 3 aromatic heterocycles. The lowest BCUT2D eigenvalue weighted by Crippen LogP contribution is -2.43. The topological polar surface area (TPSA) is 65.3 Å². The van der Waals surface area contributed by atoms with Crippen LogP contribution in [0.25, 0.3) is 16.9 Å². The molecule has 0 bridgehead atoms. The number of rotatable bonds is 3. The predicted molar refractivity (Wildman–Crippen MR) is 95.8 cm³/mol. The van der Waals surface area contributed by atoms with Gasteiger partial charge in [0, 0.05) is 36.1 Å². The van der Waals surface area contributed by atoms with Crippen LogP contribution in [-0.4, -0.2) is 52.4 Å². The number of halogens is 1. The molecule has 3 aromatic rings. The summed E-state index contributed by atoms with van der Waals surface area (Å²) in [4.78, 5) is 15.5. The molecule has 1 fully saturated rings. The van der Waals surface area contributed by atoms with Crippen LogP contribution in [0.3, 0.4) is 0 Å². The highest BCUT2D eigenvalue weighted by Gasteiger charge is 2.26. The van der Waals surface area contributed by atoms with E-state index in [0.29, 0.717) is 29.9 Å². The summed E-state index contributed by atoms with van der Waals surface area (Å²) in [6, 6.07) is 3.80. The van der Waals surface area contributed by atoms with Crippen LogP contribution in [0.15, 0.2) is 30.9 Å². The first-order chi connectivity index (χ1) is 12.2. The van der Waals surface area contributed by atoms with Gasteiger partial charge in [0.2, 0.25) is 5.88 Å². The Morgan fingerprint density at radius 3 is 2.96 bits per heavy atom. The maximum absolute atomic E-state index is 6.15. The molecular formula is C17H18ClN5O2. The summed E-state index contributed by atoms with van der Waals surface area (Å²) in [6.07, 6.45) is 5.19. The normalized spacial score (nSPS) is 17.9. The minimum absolute atomic E-state index is 0.241. The van der Waals surface area contributed by atoms with Crippen molar-refractivity contribution in [1.29, 1.82) is 0 Å². The third kappa shape index (κ3) is 2.79. The van der Waals surface area contributed by atoms with Gasteiger partial charge in [0.15, 0.2) is 5.65 Å². The van der Waals surface area contributed by atoms with Crippen molar-refractivity contribution in [1.82, 2.24) is 19.5 Å². The predicted octanol–water partition coefficient (Wildman–Crippen LogP) is 2.70. The van der Waals surface area contributed by atoms with Crippen molar-refractivity contribution in [3.63, 3.8) is 0 Å². The van der Waals surface area contributed by atoms with Crippen molar-refractivity contribution >= 4 is 28.3 Å². The van der Waals surface area contributed by atoms with Crippen LogP contribution in [0.2, 0.25) is 5.02 Å². The summed E-state index contributed by atoms with van der Waals surface area (Å²) in [7, 11) is 1.61. The van der Waals surface area contributed by atoms with E-state index < -0.39 is 0 Å². The molecule has 130 valence electrons. The van der Waals surface area contributed by atoms with Gasteiger partial charge in [0.1, 0.15) is 17.5 Å². The minimum Gasteiger partial charge on any atom is -0.480 e. The highest BCUT2D eigenvalue weighted by atomic mass is 35.5. The first kappa shape index (κ1) is 16.1. The fourth-order valence-electron chi connectivity index (χ4n) is 3.17. The Labute approximate surface area is 150 Å². The number of nitrogens with zero attached hydrogens (tertiary/aromatic N) is 5. The highest BCUT2D eigenvalue weighted by Crippen LogP contribution is 2.36. The second-order valence-corrected chi connectivity index (χ2v) is 6.35. The molecule has 4 heterocycles. The van der Waals surface area contributed by atoms with Crippen LogP contribution in [-0.2, 0) is 4.74 Å². The van der Waals surface area contributed by atoms with E-state index in [9.17, 15) is 0 Å². The van der Waals surface area contributed by atoms with E-state index in [1.165, 1.54) is 6.33 Å². The third-order valence-corrected chi connectivity index (χ3v) is 4.59. The lowest BCUT2D eigenvalue weighted by atomic mass is 10.2. The lowest BCUT2D eigenvalue weighted by Gasteiger charge is -2.34. The minimum atomic E-state index is 0.241. The van der Waals surface area contributed by atoms with Gasteiger partial charge in [-0.15, -0.1) is 0 Å². The zero-order valence-corrected chi connectivity index (χ0v) is 14.8. The molecule has 1 saturated heterocycles. The quantitative estimate of drug-likeness (QED) is 0.716. The van der Waals surface area contributed by atoms with Crippen molar-refractivity contribution in [2.75, 3.05) is 31.8 Å². The molecule has 0 spiro atoms. The van der Waals surface area contributed by atoms with Gasteiger partial charge in [-0.3, -0.25) is 4.57 Å². The zero-order valence-electron chi connectivity index (χ0n) is 14.0. The van der Waals surface area contributed by atoms with E-state index in [2.05, 4.69) is 26.8 Å². The molecule has 0 amide bonds. The number of hydrogen-bond acceptors (Lipinski definition) is 6. The van der Waals surface area contributed by atoms with Crippen LogP contribution in [0.4, 0.5) is 5.69 Å². The summed E-state index contributed by atoms with van der Waals surface area (Å²) in [5, 5.41) is 1.48. The van der Waals surface area contributed by atoms with Crippen LogP contribution >= 0.6 is 11.6 Å². The first-order valence-electron chi connectivity index (χ1n) is 8.05. The van der Waals surface area contributed by atoms with Gasteiger partial charge in [-0.1, -0.05) is 11.6 Å². The molecule has 7 nitrogen and oxygen atoms in total. The average Bonchev–Trinajstić information content (AvgIpc) is 3.02. The molecule has 8 heteroatoms. The maximum Gasteiger partial charge on any atom is 0.227 e. The fraction of sp³-hybridized carbons (Fsp3) is 0.353. The van der Waals surface area contributed by atoms with Gasteiger partial charge in [0.05, 0.1) is 26.0 Å². The molecule has 0 N–H and O–H groups in total. The second kappa shape index (κ2) is 6.50. The van der Waals surface area contributed by atoms with Crippen LogP contribution in [0.1, 0.15) is 6.92 Å². The van der Waals surface area contributed by atoms with Crippen molar-refractivity contribution in [3.8, 4) is 11.7 Å². The summed E-state index contributed by atoms with van der Waals surface area (Å²) in [6.45, 7) is 4.29.